The molecule has 0 radical (unpaired) electrons. The van der Waals surface area contributed by atoms with Gasteiger partial charge in [-0.15, -0.1) is 0 Å². The zero-order valence-electron chi connectivity index (χ0n) is 11.2. The molecule has 0 saturated heterocycles. The maximum atomic E-state index is 12.3. The third-order valence-corrected chi connectivity index (χ3v) is 4.11. The summed E-state index contributed by atoms with van der Waals surface area (Å²) < 4.78 is 5.10. The first kappa shape index (κ1) is 13.1. The van der Waals surface area contributed by atoms with Crippen LogP contribution in [0.15, 0.2) is 30.3 Å². The third kappa shape index (κ3) is 2.58. The fourth-order valence-corrected chi connectivity index (χ4v) is 3.07. The molecule has 0 N–H and O–H groups in total. The number of ether oxygens (including phenoxy) is 1. The van der Waals surface area contributed by atoms with E-state index in [-0.39, 0.29) is 5.97 Å². The molecule has 0 unspecified atom stereocenters. The van der Waals surface area contributed by atoms with E-state index in [0.29, 0.717) is 0 Å². The van der Waals surface area contributed by atoms with E-state index in [1.807, 2.05) is 18.2 Å². The Labute approximate surface area is 109 Å². The van der Waals surface area contributed by atoms with Gasteiger partial charge in [-0.25, -0.2) is 0 Å². The summed E-state index contributed by atoms with van der Waals surface area (Å²) >= 11 is 0. The highest BCUT2D eigenvalue weighted by atomic mass is 16.5. The monoisotopic (exact) mass is 246 g/mol. The smallest absolute Gasteiger partial charge is 0.316 e. The van der Waals surface area contributed by atoms with E-state index in [1.165, 1.54) is 26.4 Å². The Kier molecular flexibility index (Phi) is 4.40. The number of methoxy groups -OCH3 is 1. The van der Waals surface area contributed by atoms with E-state index < -0.39 is 5.41 Å². The van der Waals surface area contributed by atoms with E-state index in [2.05, 4.69) is 12.1 Å². The number of hydrogen-bond acceptors (Lipinski definition) is 2. The van der Waals surface area contributed by atoms with E-state index in [4.69, 9.17) is 4.74 Å². The third-order valence-electron chi connectivity index (χ3n) is 4.11. The quantitative estimate of drug-likeness (QED) is 0.741. The Balaban J connectivity index is 2.35. The number of benzene rings is 1. The van der Waals surface area contributed by atoms with Gasteiger partial charge in [-0.05, 0) is 18.4 Å². The Morgan fingerprint density at radius 3 is 2.11 bits per heavy atom. The molecule has 0 bridgehead atoms. The minimum Gasteiger partial charge on any atom is -0.468 e. The van der Waals surface area contributed by atoms with Crippen molar-refractivity contribution in [2.75, 3.05) is 7.11 Å². The number of carbonyl (C=O) groups excluding carboxylic acids is 1. The molecule has 0 amide bonds. The van der Waals surface area contributed by atoms with Crippen LogP contribution in [0.2, 0.25) is 0 Å². The largest absolute Gasteiger partial charge is 0.468 e. The SMILES string of the molecule is COC(=O)C1(c2ccccc2)CCCCCCC1. The van der Waals surface area contributed by atoms with Gasteiger partial charge < -0.3 is 4.74 Å². The summed E-state index contributed by atoms with van der Waals surface area (Å²) in [6.07, 6.45) is 7.82. The molecule has 0 atom stereocenters. The van der Waals surface area contributed by atoms with E-state index in [9.17, 15) is 4.79 Å². The van der Waals surface area contributed by atoms with Crippen molar-refractivity contribution in [3.8, 4) is 0 Å². The van der Waals surface area contributed by atoms with Crippen LogP contribution >= 0.6 is 0 Å². The summed E-state index contributed by atoms with van der Waals surface area (Å²) in [6.45, 7) is 0. The molecule has 1 aromatic rings. The maximum absolute atomic E-state index is 12.3. The van der Waals surface area contributed by atoms with Crippen molar-refractivity contribution < 1.29 is 9.53 Å². The summed E-state index contributed by atoms with van der Waals surface area (Å²) in [5.41, 5.74) is 0.718. The highest BCUT2D eigenvalue weighted by Crippen LogP contribution is 2.38. The topological polar surface area (TPSA) is 26.3 Å². The van der Waals surface area contributed by atoms with Gasteiger partial charge in [0, 0.05) is 0 Å². The van der Waals surface area contributed by atoms with Crippen LogP contribution in [-0.4, -0.2) is 13.1 Å². The Hall–Kier alpha value is -1.31. The summed E-state index contributed by atoms with van der Waals surface area (Å²) in [6, 6.07) is 10.2. The average Bonchev–Trinajstić information content (AvgIpc) is 2.39. The van der Waals surface area contributed by atoms with E-state index in [1.54, 1.807) is 0 Å². The molecule has 1 saturated carbocycles. The lowest BCUT2D eigenvalue weighted by atomic mass is 9.71. The normalized spacial score (nSPS) is 19.6. The molecule has 1 aliphatic carbocycles. The Morgan fingerprint density at radius 2 is 1.56 bits per heavy atom. The Morgan fingerprint density at radius 1 is 1.00 bits per heavy atom. The fraction of sp³-hybridized carbons (Fsp3) is 0.562. The van der Waals surface area contributed by atoms with Crippen LogP contribution in [0, 0.1) is 0 Å². The predicted molar refractivity (Wildman–Crippen MR) is 72.5 cm³/mol. The second-order valence-corrected chi connectivity index (χ2v) is 5.21. The minimum absolute atomic E-state index is 0.0596. The molecular weight excluding hydrogens is 224 g/mol. The minimum atomic E-state index is -0.406. The second-order valence-electron chi connectivity index (χ2n) is 5.21. The maximum Gasteiger partial charge on any atom is 0.316 e. The van der Waals surface area contributed by atoms with Crippen molar-refractivity contribution in [3.63, 3.8) is 0 Å². The summed E-state index contributed by atoms with van der Waals surface area (Å²) in [7, 11) is 1.51. The molecule has 18 heavy (non-hydrogen) atoms. The van der Waals surface area contributed by atoms with Crippen molar-refractivity contribution in [3.05, 3.63) is 35.9 Å². The highest BCUT2D eigenvalue weighted by molar-refractivity contribution is 5.83. The van der Waals surface area contributed by atoms with Gasteiger partial charge in [0.2, 0.25) is 0 Å². The van der Waals surface area contributed by atoms with Crippen molar-refractivity contribution >= 4 is 5.97 Å². The molecule has 0 heterocycles. The highest BCUT2D eigenvalue weighted by Gasteiger charge is 2.40. The average molecular weight is 246 g/mol. The molecule has 2 heteroatoms. The van der Waals surface area contributed by atoms with Gasteiger partial charge in [0.1, 0.15) is 0 Å². The predicted octanol–water partition coefficient (Wildman–Crippen LogP) is 3.84. The van der Waals surface area contributed by atoms with Crippen molar-refractivity contribution in [2.24, 2.45) is 0 Å². The lowest BCUT2D eigenvalue weighted by molar-refractivity contribution is -0.148. The van der Waals surface area contributed by atoms with Crippen LogP contribution in [0.4, 0.5) is 0 Å². The molecule has 1 fully saturated rings. The van der Waals surface area contributed by atoms with Gasteiger partial charge >= 0.3 is 5.97 Å². The molecule has 0 aliphatic heterocycles. The number of carbonyl (C=O) groups is 1. The van der Waals surface area contributed by atoms with Crippen LogP contribution in [0.25, 0.3) is 0 Å². The lowest BCUT2D eigenvalue weighted by Crippen LogP contribution is -2.37. The lowest BCUT2D eigenvalue weighted by Gasteiger charge is -2.33. The summed E-state index contributed by atoms with van der Waals surface area (Å²) in [4.78, 5) is 12.3. The number of esters is 1. The number of hydrogen-bond donors (Lipinski definition) is 0. The summed E-state index contributed by atoms with van der Waals surface area (Å²) in [5, 5.41) is 0. The molecule has 1 aliphatic rings. The molecular formula is C16H22O2. The molecule has 2 rings (SSSR count). The van der Waals surface area contributed by atoms with Crippen LogP contribution in [0.3, 0.4) is 0 Å². The van der Waals surface area contributed by atoms with Gasteiger partial charge in [-0.2, -0.15) is 0 Å². The summed E-state index contributed by atoms with van der Waals surface area (Å²) in [5.74, 6) is -0.0596. The Bertz CT molecular complexity index is 375. The van der Waals surface area contributed by atoms with Crippen molar-refractivity contribution in [2.45, 2.75) is 50.4 Å². The zero-order valence-corrected chi connectivity index (χ0v) is 11.2. The van der Waals surface area contributed by atoms with E-state index in [0.717, 1.165) is 31.2 Å². The first-order valence-corrected chi connectivity index (χ1v) is 6.93. The molecule has 0 spiro atoms. The standard InChI is InChI=1S/C16H22O2/c1-18-15(17)16(14-10-6-5-7-11-14)12-8-3-2-4-9-13-16/h5-7,10-11H,2-4,8-9,12-13H2,1H3. The van der Waals surface area contributed by atoms with Crippen LogP contribution in [0.5, 0.6) is 0 Å². The molecule has 0 aromatic heterocycles. The second kappa shape index (κ2) is 6.03. The number of rotatable bonds is 2. The van der Waals surface area contributed by atoms with E-state index >= 15 is 0 Å². The first-order valence-electron chi connectivity index (χ1n) is 6.93. The molecule has 1 aromatic carbocycles. The van der Waals surface area contributed by atoms with Gasteiger partial charge in [-0.1, -0.05) is 62.4 Å². The molecule has 98 valence electrons. The van der Waals surface area contributed by atoms with Crippen LogP contribution in [0.1, 0.15) is 50.5 Å². The molecule has 2 nitrogen and oxygen atoms in total. The fourth-order valence-electron chi connectivity index (χ4n) is 3.07. The van der Waals surface area contributed by atoms with Gasteiger partial charge in [0.15, 0.2) is 0 Å². The zero-order chi connectivity index (χ0) is 12.8. The van der Waals surface area contributed by atoms with Crippen LogP contribution < -0.4 is 0 Å². The van der Waals surface area contributed by atoms with Crippen molar-refractivity contribution in [1.29, 1.82) is 0 Å². The van der Waals surface area contributed by atoms with Crippen molar-refractivity contribution in [1.82, 2.24) is 0 Å². The first-order chi connectivity index (χ1) is 8.79. The van der Waals surface area contributed by atoms with Gasteiger partial charge in [0.25, 0.3) is 0 Å². The van der Waals surface area contributed by atoms with Gasteiger partial charge in [-0.3, -0.25) is 4.79 Å². The van der Waals surface area contributed by atoms with Crippen LogP contribution in [-0.2, 0) is 14.9 Å². The van der Waals surface area contributed by atoms with Gasteiger partial charge in [0.05, 0.1) is 12.5 Å².